The van der Waals surface area contributed by atoms with Crippen LogP contribution in [0.4, 0.5) is 4.39 Å². The number of hydrogen-bond acceptors (Lipinski definition) is 3. The summed E-state index contributed by atoms with van der Waals surface area (Å²) in [7, 11) is 1.22. The van der Waals surface area contributed by atoms with E-state index in [0.29, 0.717) is 5.56 Å². The van der Waals surface area contributed by atoms with Crippen LogP contribution in [0.3, 0.4) is 0 Å². The molecule has 92 valence electrons. The minimum Gasteiger partial charge on any atom is -0.467 e. The van der Waals surface area contributed by atoms with Crippen molar-refractivity contribution in [3.05, 3.63) is 35.1 Å². The molecule has 0 aliphatic carbocycles. The smallest absolute Gasteiger partial charge is 0.328 e. The third-order valence-corrected chi connectivity index (χ3v) is 2.35. The van der Waals surface area contributed by atoms with E-state index in [1.807, 2.05) is 0 Å². The van der Waals surface area contributed by atoms with E-state index in [0.717, 1.165) is 0 Å². The van der Waals surface area contributed by atoms with Gasteiger partial charge in [-0.1, -0.05) is 12.1 Å². The van der Waals surface area contributed by atoms with Crippen molar-refractivity contribution in [2.45, 2.75) is 19.9 Å². The van der Waals surface area contributed by atoms with Gasteiger partial charge in [0, 0.05) is 0 Å². The summed E-state index contributed by atoms with van der Waals surface area (Å²) in [4.78, 5) is 22.9. The van der Waals surface area contributed by atoms with Gasteiger partial charge in [-0.15, -0.1) is 0 Å². The summed E-state index contributed by atoms with van der Waals surface area (Å²) in [6.07, 6.45) is 0. The van der Waals surface area contributed by atoms with Crippen LogP contribution < -0.4 is 5.32 Å². The molecule has 4 nitrogen and oxygen atoms in total. The molecule has 1 atom stereocenters. The molecule has 0 aliphatic rings. The molecule has 1 rings (SSSR count). The van der Waals surface area contributed by atoms with Crippen molar-refractivity contribution in [3.63, 3.8) is 0 Å². The highest BCUT2D eigenvalue weighted by atomic mass is 19.1. The Morgan fingerprint density at radius 1 is 1.41 bits per heavy atom. The van der Waals surface area contributed by atoms with Crippen molar-refractivity contribution in [1.82, 2.24) is 5.32 Å². The quantitative estimate of drug-likeness (QED) is 0.812. The molecule has 0 unspecified atom stereocenters. The summed E-state index contributed by atoms with van der Waals surface area (Å²) >= 11 is 0. The molecule has 0 heterocycles. The third-order valence-electron chi connectivity index (χ3n) is 2.35. The van der Waals surface area contributed by atoms with Crippen LogP contribution in [0.25, 0.3) is 0 Å². The number of rotatable bonds is 3. The molecular formula is C12H14FNO3. The number of halogens is 1. The maximum Gasteiger partial charge on any atom is 0.328 e. The number of nitrogens with one attached hydrogen (secondary N) is 1. The summed E-state index contributed by atoms with van der Waals surface area (Å²) in [5.74, 6) is -1.81. The Morgan fingerprint density at radius 3 is 2.59 bits per heavy atom. The molecule has 0 spiro atoms. The van der Waals surface area contributed by atoms with Crippen LogP contribution in [0.15, 0.2) is 18.2 Å². The van der Waals surface area contributed by atoms with E-state index in [4.69, 9.17) is 0 Å². The second kappa shape index (κ2) is 5.43. The molecule has 0 aromatic heterocycles. The Hall–Kier alpha value is -1.91. The van der Waals surface area contributed by atoms with Crippen LogP contribution in [-0.2, 0) is 9.53 Å². The van der Waals surface area contributed by atoms with E-state index >= 15 is 0 Å². The van der Waals surface area contributed by atoms with E-state index in [9.17, 15) is 14.0 Å². The molecule has 1 aromatic rings. The van der Waals surface area contributed by atoms with Crippen molar-refractivity contribution < 1.29 is 18.7 Å². The molecule has 0 aliphatic heterocycles. The van der Waals surface area contributed by atoms with E-state index in [-0.39, 0.29) is 5.56 Å². The molecule has 1 N–H and O–H groups in total. The molecule has 0 bridgehead atoms. The topological polar surface area (TPSA) is 55.4 Å². The Balaban J connectivity index is 2.87. The second-order valence-corrected chi connectivity index (χ2v) is 3.65. The standard InChI is InChI=1S/C12H14FNO3/c1-7-5-4-6-9(13)10(7)11(15)14-8(2)12(16)17-3/h4-6,8H,1-3H3,(H,14,15)/t8-/m0/s1. The second-order valence-electron chi connectivity index (χ2n) is 3.65. The van der Waals surface area contributed by atoms with Gasteiger partial charge in [-0.25, -0.2) is 9.18 Å². The lowest BCUT2D eigenvalue weighted by Gasteiger charge is -2.13. The number of amides is 1. The highest BCUT2D eigenvalue weighted by Crippen LogP contribution is 2.12. The number of aryl methyl sites for hydroxylation is 1. The average molecular weight is 239 g/mol. The van der Waals surface area contributed by atoms with Gasteiger partial charge in [0.1, 0.15) is 11.9 Å². The van der Waals surface area contributed by atoms with E-state index in [1.54, 1.807) is 13.0 Å². The number of ether oxygens (including phenoxy) is 1. The van der Waals surface area contributed by atoms with Crippen molar-refractivity contribution in [2.75, 3.05) is 7.11 Å². The van der Waals surface area contributed by atoms with Gasteiger partial charge in [-0.2, -0.15) is 0 Å². The first-order valence-electron chi connectivity index (χ1n) is 5.11. The van der Waals surface area contributed by atoms with Crippen LogP contribution in [0.1, 0.15) is 22.8 Å². The van der Waals surface area contributed by atoms with Gasteiger partial charge in [0.25, 0.3) is 5.91 Å². The first kappa shape index (κ1) is 13.2. The van der Waals surface area contributed by atoms with Crippen LogP contribution in [0.5, 0.6) is 0 Å². The minimum absolute atomic E-state index is 0.0525. The maximum atomic E-state index is 13.5. The van der Waals surface area contributed by atoms with Gasteiger partial charge in [0.05, 0.1) is 12.7 Å². The summed E-state index contributed by atoms with van der Waals surface area (Å²) in [5.41, 5.74) is 0.461. The van der Waals surface area contributed by atoms with Crippen LogP contribution in [0, 0.1) is 12.7 Å². The van der Waals surface area contributed by atoms with Crippen molar-refractivity contribution in [3.8, 4) is 0 Å². The number of hydrogen-bond donors (Lipinski definition) is 1. The molecule has 1 amide bonds. The van der Waals surface area contributed by atoms with Gasteiger partial charge in [-0.05, 0) is 25.5 Å². The normalized spacial score (nSPS) is 11.8. The molecule has 5 heteroatoms. The molecule has 1 aromatic carbocycles. The number of methoxy groups -OCH3 is 1. The lowest BCUT2D eigenvalue weighted by molar-refractivity contribution is -0.142. The highest BCUT2D eigenvalue weighted by molar-refractivity contribution is 5.98. The fourth-order valence-corrected chi connectivity index (χ4v) is 1.42. The lowest BCUT2D eigenvalue weighted by atomic mass is 10.1. The number of benzene rings is 1. The predicted octanol–water partition coefficient (Wildman–Crippen LogP) is 1.43. The Morgan fingerprint density at radius 2 is 2.06 bits per heavy atom. The molecule has 17 heavy (non-hydrogen) atoms. The molecule has 0 saturated carbocycles. The zero-order chi connectivity index (χ0) is 13.0. The zero-order valence-corrected chi connectivity index (χ0v) is 9.91. The fourth-order valence-electron chi connectivity index (χ4n) is 1.42. The minimum atomic E-state index is -0.813. The fraction of sp³-hybridized carbons (Fsp3) is 0.333. The monoisotopic (exact) mass is 239 g/mol. The van der Waals surface area contributed by atoms with E-state index in [1.165, 1.54) is 26.2 Å². The summed E-state index contributed by atoms with van der Waals surface area (Å²) < 4.78 is 17.9. The maximum absolute atomic E-state index is 13.5. The average Bonchev–Trinajstić information content (AvgIpc) is 2.27. The van der Waals surface area contributed by atoms with Crippen LogP contribution in [0.2, 0.25) is 0 Å². The molecule has 0 saturated heterocycles. The number of carbonyl (C=O) groups is 2. The first-order valence-corrected chi connectivity index (χ1v) is 5.11. The van der Waals surface area contributed by atoms with Crippen molar-refractivity contribution >= 4 is 11.9 Å². The molecule has 0 fully saturated rings. The Labute approximate surface area is 98.8 Å². The predicted molar refractivity (Wildman–Crippen MR) is 60.1 cm³/mol. The zero-order valence-electron chi connectivity index (χ0n) is 9.91. The van der Waals surface area contributed by atoms with E-state index < -0.39 is 23.7 Å². The van der Waals surface area contributed by atoms with Gasteiger partial charge in [-0.3, -0.25) is 4.79 Å². The van der Waals surface area contributed by atoms with E-state index in [2.05, 4.69) is 10.1 Å². The van der Waals surface area contributed by atoms with Crippen molar-refractivity contribution in [1.29, 1.82) is 0 Å². The number of carbonyl (C=O) groups excluding carboxylic acids is 2. The lowest BCUT2D eigenvalue weighted by Crippen LogP contribution is -2.39. The molecule has 0 radical (unpaired) electrons. The first-order chi connectivity index (χ1) is 7.97. The van der Waals surface area contributed by atoms with Gasteiger partial charge < -0.3 is 10.1 Å². The largest absolute Gasteiger partial charge is 0.467 e. The summed E-state index contributed by atoms with van der Waals surface area (Å²) in [6.45, 7) is 3.10. The van der Waals surface area contributed by atoms with Crippen LogP contribution >= 0.6 is 0 Å². The number of esters is 1. The summed E-state index contributed by atoms with van der Waals surface area (Å²) in [6, 6.07) is 3.53. The van der Waals surface area contributed by atoms with Crippen molar-refractivity contribution in [2.24, 2.45) is 0 Å². The van der Waals surface area contributed by atoms with Gasteiger partial charge in [0.15, 0.2) is 0 Å². The summed E-state index contributed by atoms with van der Waals surface area (Å²) in [5, 5.41) is 2.38. The highest BCUT2D eigenvalue weighted by Gasteiger charge is 2.20. The molecular weight excluding hydrogens is 225 g/mol. The van der Waals surface area contributed by atoms with Crippen LogP contribution in [-0.4, -0.2) is 25.0 Å². The van der Waals surface area contributed by atoms with Gasteiger partial charge >= 0.3 is 5.97 Å². The van der Waals surface area contributed by atoms with Gasteiger partial charge in [0.2, 0.25) is 0 Å². The Kier molecular flexibility index (Phi) is 4.20. The Bertz CT molecular complexity index is 425. The third kappa shape index (κ3) is 3.03. The SMILES string of the molecule is COC(=O)[C@H](C)NC(=O)c1c(C)cccc1F.